The van der Waals surface area contributed by atoms with Gasteiger partial charge in [0.15, 0.2) is 0 Å². The smallest absolute Gasteiger partial charge is 0.246 e. The molecule has 0 bridgehead atoms. The molecule has 0 unspecified atom stereocenters. The largest absolute Gasteiger partial charge is 0.495 e. The molecule has 3 aromatic rings. The van der Waals surface area contributed by atoms with Crippen molar-refractivity contribution in [2.24, 2.45) is 0 Å². The molecule has 1 aliphatic heterocycles. The molecule has 1 amide bonds. The molecule has 4 rings (SSSR count). The highest BCUT2D eigenvalue weighted by atomic mass is 32.2. The first-order valence-corrected chi connectivity index (χ1v) is 13.0. The lowest BCUT2D eigenvalue weighted by Crippen LogP contribution is -2.35. The van der Waals surface area contributed by atoms with Crippen LogP contribution in [0.1, 0.15) is 30.4 Å². The average molecular weight is 495 g/mol. The lowest BCUT2D eigenvalue weighted by molar-refractivity contribution is -0.125. The van der Waals surface area contributed by atoms with Crippen molar-refractivity contribution >= 4 is 22.0 Å². The van der Waals surface area contributed by atoms with Crippen LogP contribution in [0, 0.1) is 0 Å². The van der Waals surface area contributed by atoms with E-state index in [9.17, 15) is 13.2 Å². The fourth-order valence-corrected chi connectivity index (χ4v) is 5.76. The summed E-state index contributed by atoms with van der Waals surface area (Å²) in [6.07, 6.45) is 9.44. The van der Waals surface area contributed by atoms with E-state index in [-0.39, 0.29) is 10.8 Å². The molecule has 0 atom stereocenters. The van der Waals surface area contributed by atoms with E-state index in [1.54, 1.807) is 47.1 Å². The number of methoxy groups -OCH3 is 1. The SMILES string of the molecule is COc1ccc(C=CC(=O)N(C)Cc2cnn(-c3ccccc3)c2)cc1S(=O)(=O)N1CCCCC1. The molecule has 1 aliphatic rings. The van der Waals surface area contributed by atoms with Gasteiger partial charge in [-0.15, -0.1) is 0 Å². The van der Waals surface area contributed by atoms with Gasteiger partial charge < -0.3 is 9.64 Å². The number of hydrogen-bond acceptors (Lipinski definition) is 5. The van der Waals surface area contributed by atoms with E-state index in [4.69, 9.17) is 4.74 Å². The predicted molar refractivity (Wildman–Crippen MR) is 135 cm³/mol. The Hall–Kier alpha value is -3.43. The zero-order valence-corrected chi connectivity index (χ0v) is 20.8. The van der Waals surface area contributed by atoms with E-state index in [0.29, 0.717) is 30.9 Å². The van der Waals surface area contributed by atoms with Crippen molar-refractivity contribution in [3.8, 4) is 11.4 Å². The summed E-state index contributed by atoms with van der Waals surface area (Å²) in [4.78, 5) is 14.4. The molecule has 9 heteroatoms. The van der Waals surface area contributed by atoms with Crippen LogP contribution in [0.5, 0.6) is 5.75 Å². The van der Waals surface area contributed by atoms with Crippen LogP contribution in [-0.2, 0) is 21.4 Å². The van der Waals surface area contributed by atoms with Crippen LogP contribution in [0.25, 0.3) is 11.8 Å². The van der Waals surface area contributed by atoms with E-state index >= 15 is 0 Å². The molecule has 0 aliphatic carbocycles. The molecule has 2 aromatic carbocycles. The van der Waals surface area contributed by atoms with Crippen molar-refractivity contribution in [2.75, 3.05) is 27.2 Å². The second-order valence-electron chi connectivity index (χ2n) is 8.53. The van der Waals surface area contributed by atoms with E-state index in [0.717, 1.165) is 30.5 Å². The number of amides is 1. The zero-order valence-electron chi connectivity index (χ0n) is 20.0. The van der Waals surface area contributed by atoms with Crippen molar-refractivity contribution in [2.45, 2.75) is 30.7 Å². The Morgan fingerprint density at radius 3 is 2.57 bits per heavy atom. The number of hydrogen-bond donors (Lipinski definition) is 0. The monoisotopic (exact) mass is 494 g/mol. The lowest BCUT2D eigenvalue weighted by Gasteiger charge is -2.26. The van der Waals surface area contributed by atoms with Crippen LogP contribution in [-0.4, -0.2) is 60.6 Å². The summed E-state index contributed by atoms with van der Waals surface area (Å²) in [6, 6.07) is 14.7. The number of piperidine rings is 1. The normalized spacial score (nSPS) is 14.8. The maximum absolute atomic E-state index is 13.2. The maximum Gasteiger partial charge on any atom is 0.246 e. The van der Waals surface area contributed by atoms with E-state index in [1.807, 2.05) is 36.5 Å². The van der Waals surface area contributed by atoms with Gasteiger partial charge in [0.1, 0.15) is 10.6 Å². The first-order valence-electron chi connectivity index (χ1n) is 11.6. The highest BCUT2D eigenvalue weighted by molar-refractivity contribution is 7.89. The fourth-order valence-electron chi connectivity index (χ4n) is 4.05. The van der Waals surface area contributed by atoms with Crippen LogP contribution in [0.4, 0.5) is 0 Å². The summed E-state index contributed by atoms with van der Waals surface area (Å²) in [5.41, 5.74) is 2.46. The van der Waals surface area contributed by atoms with E-state index in [2.05, 4.69) is 5.10 Å². The third kappa shape index (κ3) is 5.80. The molecule has 0 radical (unpaired) electrons. The minimum Gasteiger partial charge on any atom is -0.495 e. The van der Waals surface area contributed by atoms with Gasteiger partial charge in [-0.2, -0.15) is 9.40 Å². The first-order chi connectivity index (χ1) is 16.9. The maximum atomic E-state index is 13.2. The summed E-state index contributed by atoms with van der Waals surface area (Å²) < 4.78 is 35.0. The van der Waals surface area contributed by atoms with Crippen LogP contribution in [0.15, 0.2) is 71.9 Å². The number of nitrogens with zero attached hydrogens (tertiary/aromatic N) is 4. The second-order valence-corrected chi connectivity index (χ2v) is 10.4. The summed E-state index contributed by atoms with van der Waals surface area (Å²) in [6.45, 7) is 1.42. The molecular formula is C26H30N4O4S. The Kier molecular flexibility index (Phi) is 7.67. The van der Waals surface area contributed by atoms with Gasteiger partial charge in [-0.05, 0) is 48.7 Å². The van der Waals surface area contributed by atoms with Crippen molar-refractivity contribution in [3.63, 3.8) is 0 Å². The van der Waals surface area contributed by atoms with Crippen LogP contribution in [0.2, 0.25) is 0 Å². The topological polar surface area (TPSA) is 84.7 Å². The van der Waals surface area contributed by atoms with Crippen LogP contribution in [0.3, 0.4) is 0 Å². The van der Waals surface area contributed by atoms with E-state index in [1.165, 1.54) is 17.5 Å². The summed E-state index contributed by atoms with van der Waals surface area (Å²) in [5, 5.41) is 4.37. The highest BCUT2D eigenvalue weighted by Crippen LogP contribution is 2.30. The number of benzene rings is 2. The number of sulfonamides is 1. The van der Waals surface area contributed by atoms with Gasteiger partial charge in [0.2, 0.25) is 15.9 Å². The Morgan fingerprint density at radius 2 is 1.86 bits per heavy atom. The van der Waals surface area contributed by atoms with Gasteiger partial charge in [0, 0.05) is 44.5 Å². The molecular weight excluding hydrogens is 464 g/mol. The minimum atomic E-state index is -3.67. The van der Waals surface area contributed by atoms with Crippen molar-refractivity contribution in [1.82, 2.24) is 19.0 Å². The molecule has 0 N–H and O–H groups in total. The highest BCUT2D eigenvalue weighted by Gasteiger charge is 2.29. The molecule has 35 heavy (non-hydrogen) atoms. The molecule has 184 valence electrons. The third-order valence-corrected chi connectivity index (χ3v) is 7.91. The molecule has 1 aromatic heterocycles. The molecule has 1 fully saturated rings. The molecule has 0 saturated carbocycles. The molecule has 8 nitrogen and oxygen atoms in total. The van der Waals surface area contributed by atoms with Gasteiger partial charge in [-0.3, -0.25) is 4.79 Å². The lowest BCUT2D eigenvalue weighted by atomic mass is 10.2. The fraction of sp³-hybridized carbons (Fsp3) is 0.308. The standard InChI is InChI=1S/C26H30N4O4S/c1-28(19-22-18-27-30(20-22)23-9-5-3-6-10-23)26(31)14-12-21-11-13-24(34-2)25(17-21)35(32,33)29-15-7-4-8-16-29/h3,5-6,9-14,17-18,20H,4,7-8,15-16,19H2,1-2H3. The summed E-state index contributed by atoms with van der Waals surface area (Å²) >= 11 is 0. The Bertz CT molecular complexity index is 1300. The number of aromatic nitrogens is 2. The van der Waals surface area contributed by atoms with Gasteiger partial charge in [-0.25, -0.2) is 13.1 Å². The molecule has 2 heterocycles. The van der Waals surface area contributed by atoms with Crippen LogP contribution < -0.4 is 4.74 Å². The third-order valence-electron chi connectivity index (χ3n) is 5.99. The van der Waals surface area contributed by atoms with Gasteiger partial charge in [-0.1, -0.05) is 30.7 Å². The molecule has 0 spiro atoms. The van der Waals surface area contributed by atoms with E-state index < -0.39 is 10.0 Å². The zero-order chi connectivity index (χ0) is 24.8. The second kappa shape index (κ2) is 10.9. The first kappa shape index (κ1) is 24.7. The Morgan fingerprint density at radius 1 is 1.11 bits per heavy atom. The average Bonchev–Trinajstić information content (AvgIpc) is 3.36. The Balaban J connectivity index is 1.46. The number of likely N-dealkylation sites (N-methyl/N-ethyl adjacent to an activating group) is 1. The summed E-state index contributed by atoms with van der Waals surface area (Å²) in [7, 11) is -0.502. The van der Waals surface area contributed by atoms with Gasteiger partial charge in [0.25, 0.3) is 0 Å². The Labute approximate surface area is 206 Å². The number of carbonyl (C=O) groups excluding carboxylic acids is 1. The summed E-state index contributed by atoms with van der Waals surface area (Å²) in [5.74, 6) is 0.0975. The number of ether oxygens (including phenoxy) is 1. The van der Waals surface area contributed by atoms with Crippen molar-refractivity contribution in [3.05, 3.63) is 78.1 Å². The predicted octanol–water partition coefficient (Wildman–Crippen LogP) is 3.73. The minimum absolute atomic E-state index is 0.123. The number of para-hydroxylation sites is 1. The quantitative estimate of drug-likeness (QED) is 0.446. The number of rotatable bonds is 8. The van der Waals surface area contributed by atoms with Gasteiger partial charge in [0.05, 0.1) is 19.0 Å². The van der Waals surface area contributed by atoms with Crippen molar-refractivity contribution in [1.29, 1.82) is 0 Å². The molecule has 1 saturated heterocycles. The van der Waals surface area contributed by atoms with Crippen LogP contribution >= 0.6 is 0 Å². The van der Waals surface area contributed by atoms with Gasteiger partial charge >= 0.3 is 0 Å². The number of carbonyl (C=O) groups is 1. The van der Waals surface area contributed by atoms with Crippen molar-refractivity contribution < 1.29 is 17.9 Å².